The van der Waals surface area contributed by atoms with Crippen LogP contribution in [0.1, 0.15) is 6.92 Å². The van der Waals surface area contributed by atoms with Crippen LogP contribution in [-0.2, 0) is 14.4 Å². The van der Waals surface area contributed by atoms with Crippen molar-refractivity contribution in [2.45, 2.75) is 19.0 Å². The normalized spacial score (nSPS) is 26.4. The molecule has 0 aromatic carbocycles. The molecule has 0 radical (unpaired) electrons. The van der Waals surface area contributed by atoms with Gasteiger partial charge in [-0.2, -0.15) is 0 Å². The molecule has 1 aliphatic rings. The quantitative estimate of drug-likeness (QED) is 0.424. The summed E-state index contributed by atoms with van der Waals surface area (Å²) in [6.45, 7) is 1.62. The number of nitrogens with two attached hydrogens (primary N) is 1. The summed E-state index contributed by atoms with van der Waals surface area (Å²) in [7, 11) is 0. The molecule has 0 aromatic heterocycles. The van der Waals surface area contributed by atoms with E-state index in [2.05, 4.69) is 0 Å². The highest BCUT2D eigenvalue weighted by Crippen LogP contribution is 2.17. The van der Waals surface area contributed by atoms with Gasteiger partial charge in [-0.3, -0.25) is 14.5 Å². The Hall–Kier alpha value is -1.69. The maximum atomic E-state index is 11.2. The lowest BCUT2D eigenvalue weighted by Crippen LogP contribution is -2.68. The molecule has 14 heavy (non-hydrogen) atoms. The van der Waals surface area contributed by atoms with Crippen LogP contribution in [-0.4, -0.2) is 39.9 Å². The van der Waals surface area contributed by atoms with E-state index >= 15 is 0 Å². The lowest BCUT2D eigenvalue weighted by molar-refractivity contribution is -0.157. The van der Waals surface area contributed by atoms with E-state index in [9.17, 15) is 14.4 Å². The molecule has 1 fully saturated rings. The van der Waals surface area contributed by atoms with Crippen LogP contribution in [0.4, 0.5) is 0 Å². The zero-order valence-electron chi connectivity index (χ0n) is 7.51. The molecule has 2 amide bonds. The zero-order chi connectivity index (χ0) is 10.9. The van der Waals surface area contributed by atoms with E-state index < -0.39 is 23.8 Å². The number of hydrogen-bond donors (Lipinski definition) is 2. The third-order valence-electron chi connectivity index (χ3n) is 2.06. The van der Waals surface area contributed by atoms with Gasteiger partial charge in [0.05, 0.1) is 6.04 Å². The number of nitrogens with zero attached hydrogens (tertiary/aromatic N) is 1. The monoisotopic (exact) mass is 198 g/mol. The predicted octanol–water partition coefficient (Wildman–Crippen LogP) is -1.29. The van der Waals surface area contributed by atoms with Crippen molar-refractivity contribution < 1.29 is 19.5 Å². The van der Waals surface area contributed by atoms with Crippen LogP contribution in [0.25, 0.3) is 0 Å². The highest BCUT2D eigenvalue weighted by Gasteiger charge is 2.44. The van der Waals surface area contributed by atoms with Crippen LogP contribution in [0.2, 0.25) is 0 Å². The molecule has 0 spiro atoms. The van der Waals surface area contributed by atoms with Gasteiger partial charge >= 0.3 is 5.97 Å². The predicted molar refractivity (Wildman–Crippen MR) is 46.1 cm³/mol. The summed E-state index contributed by atoms with van der Waals surface area (Å²) >= 11 is 0. The minimum atomic E-state index is -1.23. The average molecular weight is 198 g/mol. The van der Waals surface area contributed by atoms with E-state index in [1.165, 1.54) is 0 Å². The fraction of sp³-hybridized carbons (Fsp3) is 0.375. The fourth-order valence-electron chi connectivity index (χ4n) is 1.18. The Morgan fingerprint density at radius 2 is 2.07 bits per heavy atom. The van der Waals surface area contributed by atoms with Gasteiger partial charge in [0.15, 0.2) is 0 Å². The molecule has 1 rings (SSSR count). The van der Waals surface area contributed by atoms with Crippen LogP contribution >= 0.6 is 0 Å². The SMILES string of the molecule is C[C@@H]1[C@H](N)C(=O)N1C(=O)/C=C/C(=O)O. The number of carbonyl (C=O) groups is 3. The van der Waals surface area contributed by atoms with Crippen LogP contribution in [0, 0.1) is 0 Å². The molecule has 1 saturated heterocycles. The van der Waals surface area contributed by atoms with Crippen molar-refractivity contribution in [1.29, 1.82) is 0 Å². The third-order valence-corrected chi connectivity index (χ3v) is 2.06. The summed E-state index contributed by atoms with van der Waals surface area (Å²) in [5.74, 6) is -2.35. The number of aliphatic carboxylic acids is 1. The van der Waals surface area contributed by atoms with E-state index in [4.69, 9.17) is 10.8 Å². The van der Waals surface area contributed by atoms with E-state index in [-0.39, 0.29) is 6.04 Å². The lowest BCUT2D eigenvalue weighted by atomic mass is 9.98. The second kappa shape index (κ2) is 3.59. The molecule has 0 aromatic rings. The Balaban J connectivity index is 2.64. The Labute approximate surface area is 80.0 Å². The van der Waals surface area contributed by atoms with Crippen molar-refractivity contribution in [2.24, 2.45) is 5.73 Å². The number of β-lactam (4-membered cyclic amide) rings is 1. The molecule has 6 heteroatoms. The van der Waals surface area contributed by atoms with Gasteiger partial charge in [-0.25, -0.2) is 4.79 Å². The summed E-state index contributed by atoms with van der Waals surface area (Å²) < 4.78 is 0. The Morgan fingerprint density at radius 1 is 1.50 bits per heavy atom. The smallest absolute Gasteiger partial charge is 0.328 e. The maximum absolute atomic E-state index is 11.2. The molecule has 0 bridgehead atoms. The van der Waals surface area contributed by atoms with Crippen molar-refractivity contribution in [3.63, 3.8) is 0 Å². The fourth-order valence-corrected chi connectivity index (χ4v) is 1.18. The Kier molecular flexibility index (Phi) is 2.66. The minimum Gasteiger partial charge on any atom is -0.478 e. The molecule has 6 nitrogen and oxygen atoms in total. The van der Waals surface area contributed by atoms with Crippen LogP contribution in [0.5, 0.6) is 0 Å². The van der Waals surface area contributed by atoms with Crippen molar-refractivity contribution >= 4 is 17.8 Å². The molecule has 0 aliphatic carbocycles. The first-order chi connectivity index (χ1) is 6.45. The molecule has 3 N–H and O–H groups in total. The first kappa shape index (κ1) is 10.4. The molecule has 0 unspecified atom stereocenters. The van der Waals surface area contributed by atoms with E-state index in [0.29, 0.717) is 6.08 Å². The summed E-state index contributed by atoms with van der Waals surface area (Å²) in [6, 6.07) is -1.02. The van der Waals surface area contributed by atoms with E-state index in [0.717, 1.165) is 11.0 Å². The van der Waals surface area contributed by atoms with Crippen molar-refractivity contribution in [3.8, 4) is 0 Å². The molecule has 2 atom stereocenters. The third kappa shape index (κ3) is 1.64. The number of carboxylic acid groups (broad SMARTS) is 1. The van der Waals surface area contributed by atoms with Gasteiger partial charge in [0.2, 0.25) is 5.91 Å². The second-order valence-corrected chi connectivity index (χ2v) is 2.98. The van der Waals surface area contributed by atoms with Gasteiger partial charge in [-0.15, -0.1) is 0 Å². The molecule has 76 valence electrons. The molecule has 0 saturated carbocycles. The summed E-state index contributed by atoms with van der Waals surface area (Å²) in [5.41, 5.74) is 5.37. The highest BCUT2D eigenvalue weighted by atomic mass is 16.4. The van der Waals surface area contributed by atoms with Gasteiger partial charge in [0.1, 0.15) is 6.04 Å². The number of amides is 2. The summed E-state index contributed by atoms with van der Waals surface area (Å²) in [5, 5.41) is 8.25. The van der Waals surface area contributed by atoms with Crippen LogP contribution < -0.4 is 5.73 Å². The van der Waals surface area contributed by atoms with Gasteiger partial charge < -0.3 is 10.8 Å². The van der Waals surface area contributed by atoms with Gasteiger partial charge in [-0.05, 0) is 6.92 Å². The average Bonchev–Trinajstić information content (AvgIpc) is 2.14. The maximum Gasteiger partial charge on any atom is 0.328 e. The van der Waals surface area contributed by atoms with Crippen molar-refractivity contribution in [3.05, 3.63) is 12.2 Å². The minimum absolute atomic E-state index is 0.367. The molecule has 1 heterocycles. The summed E-state index contributed by atoms with van der Waals surface area (Å²) in [4.78, 5) is 33.3. The van der Waals surface area contributed by atoms with Crippen molar-refractivity contribution in [2.75, 3.05) is 0 Å². The number of carbonyl (C=O) groups excluding carboxylic acids is 2. The highest BCUT2D eigenvalue weighted by molar-refractivity contribution is 6.08. The van der Waals surface area contributed by atoms with E-state index in [1.807, 2.05) is 0 Å². The number of imide groups is 1. The number of carboxylic acids is 1. The molecule has 1 aliphatic heterocycles. The topological polar surface area (TPSA) is 101 Å². The zero-order valence-corrected chi connectivity index (χ0v) is 7.51. The molecular weight excluding hydrogens is 188 g/mol. The summed E-state index contributed by atoms with van der Waals surface area (Å²) in [6.07, 6.45) is 1.52. The number of rotatable bonds is 2. The lowest BCUT2D eigenvalue weighted by Gasteiger charge is -2.40. The van der Waals surface area contributed by atoms with Gasteiger partial charge in [0.25, 0.3) is 5.91 Å². The number of hydrogen-bond acceptors (Lipinski definition) is 4. The Bertz CT molecular complexity index is 323. The largest absolute Gasteiger partial charge is 0.478 e. The van der Waals surface area contributed by atoms with Crippen molar-refractivity contribution in [1.82, 2.24) is 4.90 Å². The van der Waals surface area contributed by atoms with Crippen LogP contribution in [0.15, 0.2) is 12.2 Å². The second-order valence-electron chi connectivity index (χ2n) is 2.98. The van der Waals surface area contributed by atoms with Gasteiger partial charge in [0, 0.05) is 12.2 Å². The van der Waals surface area contributed by atoms with Gasteiger partial charge in [-0.1, -0.05) is 0 Å². The van der Waals surface area contributed by atoms with Crippen LogP contribution in [0.3, 0.4) is 0 Å². The standard InChI is InChI=1S/C8H10N2O4/c1-4-7(9)8(14)10(4)5(11)2-3-6(12)13/h2-4,7H,9H2,1H3,(H,12,13)/b3-2+/t4-,7+/m1/s1. The number of likely N-dealkylation sites (tertiary alicyclic amines) is 1. The Morgan fingerprint density at radius 3 is 2.50 bits per heavy atom. The molecular formula is C8H10N2O4. The van der Waals surface area contributed by atoms with E-state index in [1.54, 1.807) is 6.92 Å². The first-order valence-electron chi connectivity index (χ1n) is 3.98. The first-order valence-corrected chi connectivity index (χ1v) is 3.98.